The molecule has 0 aromatic heterocycles. The van der Waals surface area contributed by atoms with Crippen LogP contribution in [0.2, 0.25) is 5.02 Å². The molecule has 0 radical (unpaired) electrons. The predicted octanol–water partition coefficient (Wildman–Crippen LogP) is 1.78. The second-order valence-corrected chi connectivity index (χ2v) is 3.66. The van der Waals surface area contributed by atoms with Crippen LogP contribution in [-0.2, 0) is 300 Å². The average molecular weight is 2940 g/mol. The van der Waals surface area contributed by atoms with E-state index >= 15 is 0 Å². The summed E-state index contributed by atoms with van der Waals surface area (Å²) in [4.78, 5) is 10.9. The summed E-state index contributed by atoms with van der Waals surface area (Å²) < 4.78 is 2.55. The third-order valence-electron chi connectivity index (χ3n) is 1.51. The topological polar surface area (TPSA) is 29.1 Å². The quantitative estimate of drug-likeness (QED) is 0.451. The fourth-order valence-electron chi connectivity index (χ4n) is 0.879. The number of nitrogens with one attached hydrogen (secondary N) is 1. The first-order chi connectivity index (χ1) is 8.13. The van der Waals surface area contributed by atoms with E-state index in [-0.39, 0.29) is 217 Å². The molecule has 2 nitrogen and oxygen atoms in total. The molecule has 27 heavy (non-hydrogen) atoms. The molecule has 1 amide bonds. The Balaban J connectivity index is -0.0000000151. The normalized spacial score (nSPS) is 4.81. The van der Waals surface area contributed by atoms with Gasteiger partial charge in [-0.3, -0.25) is 0 Å². The van der Waals surface area contributed by atoms with Crippen molar-refractivity contribution < 1.29 is 300 Å². The van der Waals surface area contributed by atoms with Crippen molar-refractivity contribution in [1.82, 2.24) is 0 Å². The van der Waals surface area contributed by atoms with Gasteiger partial charge in [0, 0.05) is 211 Å². The molecule has 1 N–H and O–H groups in total. The number of benzene rings is 1. The van der Waals surface area contributed by atoms with Crippen LogP contribution in [0, 0.1) is 6.92 Å². The van der Waals surface area contributed by atoms with Crippen LogP contribution in [0.5, 0.6) is 0 Å². The molecule has 0 aliphatic carbocycles. The van der Waals surface area contributed by atoms with Crippen LogP contribution in [-0.4, -0.2) is 10.3 Å². The third-order valence-corrected chi connectivity index (χ3v) is 2.60. The molecular formula is C9H7ClNOW15-. The van der Waals surface area contributed by atoms with Gasteiger partial charge in [0.05, 0.1) is 0 Å². The van der Waals surface area contributed by atoms with Crippen LogP contribution in [0.3, 0.4) is 0 Å². The summed E-state index contributed by atoms with van der Waals surface area (Å²) in [6.45, 7) is 1.89. The molecule has 1 aromatic rings. The summed E-state index contributed by atoms with van der Waals surface area (Å²) in [5.74, 6) is -0.197. The molecule has 0 fully saturated rings. The zero-order chi connectivity index (χ0) is 13.8. The summed E-state index contributed by atoms with van der Waals surface area (Å²) >= 11 is 13.5. The first kappa shape index (κ1) is 76.6. The van der Waals surface area contributed by atoms with E-state index in [4.69, 9.17) is 11.6 Å². The van der Waals surface area contributed by atoms with E-state index < -0.39 is 0 Å². The van der Waals surface area contributed by atoms with Crippen LogP contribution in [0.4, 0.5) is 5.69 Å². The van der Waals surface area contributed by atoms with Gasteiger partial charge in [-0.05, 0) is 0 Å². The molecule has 0 unspecified atom stereocenters. The minimum absolute atomic E-state index is 0. The van der Waals surface area contributed by atoms with Gasteiger partial charge in [0.15, 0.2) is 0 Å². The molecule has 0 saturated heterocycles. The predicted molar refractivity (Wildman–Crippen MR) is 49.8 cm³/mol. The maximum absolute atomic E-state index is 10.9. The maximum atomic E-state index is 10.9. The number of hydrogen-bond acceptors (Lipinski definition) is 1. The molecule has 0 spiro atoms. The first-order valence-electron chi connectivity index (χ1n) is 3.92. The van der Waals surface area contributed by atoms with Crippen LogP contribution in [0.1, 0.15) is 5.56 Å². The Bertz CT molecular complexity index is 398. The number of amides is 1. The third kappa shape index (κ3) is 48.8. The summed E-state index contributed by atoms with van der Waals surface area (Å²) in [7, 11) is 0. The fraction of sp³-hybridized carbons (Fsp3) is 0.111. The monoisotopic (exact) mass is 2940 g/mol. The zero-order valence-electron chi connectivity index (χ0n) is 12.6. The molecule has 1 aromatic carbocycles. The van der Waals surface area contributed by atoms with Crippen LogP contribution < -0.4 is 5.32 Å². The molecule has 0 aliphatic rings. The minimum atomic E-state index is -0.197. The molecule has 0 aliphatic heterocycles. The Morgan fingerprint density at radius 3 is 1.44 bits per heavy atom. The summed E-state index contributed by atoms with van der Waals surface area (Å²) in [5, 5.41) is 3.37. The Hall–Kier alpha value is 9.17. The zero-order valence-corrected chi connectivity index (χ0v) is 57.4. The van der Waals surface area contributed by atoms with E-state index in [0.717, 1.165) is 30.6 Å². The summed E-state index contributed by atoms with van der Waals surface area (Å²) in [6, 6.07) is 5.35. The van der Waals surface area contributed by atoms with Crippen molar-refractivity contribution in [1.29, 1.82) is 0 Å². The Kier molecular flexibility index (Phi) is 170. The number of carbonyl (C=O) groups is 1. The Morgan fingerprint density at radius 2 is 1.19 bits per heavy atom. The van der Waals surface area contributed by atoms with E-state index in [1.54, 1.807) is 77.0 Å². The average Bonchev–Trinajstić information content (AvgIpc) is 2.38. The number of anilines is 1. The Labute approximate surface area is 359 Å². The SMILES string of the molecule is Cc1cc(NC(=O)[C-]=[W])ccc1Cl.[W].[W].[W].[W].[W].[W].[W].[W].[W].[W].[W]=[W].[W]=[W]. The number of aryl methyl sites for hydroxylation is 1. The second kappa shape index (κ2) is 60.0. The van der Waals surface area contributed by atoms with Gasteiger partial charge >= 0.3 is 158 Å². The van der Waals surface area contributed by atoms with E-state index in [1.807, 2.05) is 13.0 Å². The van der Waals surface area contributed by atoms with Crippen LogP contribution in [0.15, 0.2) is 18.2 Å². The number of rotatable bonds is 2. The number of carbonyl (C=O) groups excluding carboxylic acids is 1. The molecule has 0 bridgehead atoms. The number of hydrogen-bond donors (Lipinski definition) is 1. The van der Waals surface area contributed by atoms with Crippen molar-refractivity contribution in [2.24, 2.45) is 0 Å². The van der Waals surface area contributed by atoms with Crippen molar-refractivity contribution in [2.75, 3.05) is 5.32 Å². The van der Waals surface area contributed by atoms with E-state index in [0.29, 0.717) is 5.02 Å². The summed E-state index contributed by atoms with van der Waals surface area (Å²) in [6.07, 6.45) is 0. The second-order valence-electron chi connectivity index (χ2n) is 2.52. The van der Waals surface area contributed by atoms with Gasteiger partial charge < -0.3 is 0 Å². The van der Waals surface area contributed by atoms with Crippen LogP contribution in [0.25, 0.3) is 0 Å². The Morgan fingerprint density at radius 1 is 0.852 bits per heavy atom. The molecule has 0 atom stereocenters. The molecule has 18 heteroatoms. The van der Waals surface area contributed by atoms with Crippen molar-refractivity contribution in [3.05, 3.63) is 28.8 Å². The molecule has 0 saturated carbocycles. The van der Waals surface area contributed by atoms with Gasteiger partial charge in [0.25, 0.3) is 0 Å². The van der Waals surface area contributed by atoms with Crippen molar-refractivity contribution in [3.8, 4) is 0 Å². The van der Waals surface area contributed by atoms with E-state index in [1.165, 1.54) is 0 Å². The van der Waals surface area contributed by atoms with Gasteiger partial charge in [-0.2, -0.15) is 0 Å². The van der Waals surface area contributed by atoms with E-state index in [9.17, 15) is 4.79 Å². The number of halogens is 1. The van der Waals surface area contributed by atoms with Gasteiger partial charge in [0.2, 0.25) is 0 Å². The van der Waals surface area contributed by atoms with Gasteiger partial charge in [-0.25, -0.2) is 0 Å². The van der Waals surface area contributed by atoms with Crippen molar-refractivity contribution in [2.45, 2.75) is 6.92 Å². The standard InChI is InChI=1S/C9H7ClNO.15W/c1-6-5-8(11-7(2)12)3-4-9(6)10;;;;;;;;;;;;;;;/h3-5H,1H3,(H,11,12);;;;;;;;;;;;;;;/q-1;;;;;;;;;;;;;;;. The van der Waals surface area contributed by atoms with Gasteiger partial charge in [-0.1, -0.05) is 0 Å². The molecular weight excluding hydrogens is 2930 g/mol. The molecule has 0 heterocycles. The van der Waals surface area contributed by atoms with E-state index in [2.05, 4.69) is 9.72 Å². The molecule has 152 valence electrons. The van der Waals surface area contributed by atoms with Gasteiger partial charge in [0.1, 0.15) is 0 Å². The van der Waals surface area contributed by atoms with Crippen LogP contribution >= 0.6 is 11.6 Å². The first-order valence-corrected chi connectivity index (χ1v) is 27.8. The fourth-order valence-corrected chi connectivity index (χ4v) is 1.18. The van der Waals surface area contributed by atoms with Crippen molar-refractivity contribution >= 4 is 27.6 Å². The van der Waals surface area contributed by atoms with Gasteiger partial charge in [-0.15, -0.1) is 0 Å². The molecule has 1 rings (SSSR count). The van der Waals surface area contributed by atoms with Crippen molar-refractivity contribution in [3.63, 3.8) is 0 Å². The summed E-state index contributed by atoms with van der Waals surface area (Å²) in [5.41, 5.74) is 1.70.